The number of sulfonamides is 1. The van der Waals surface area contributed by atoms with E-state index in [0.717, 1.165) is 42.9 Å². The summed E-state index contributed by atoms with van der Waals surface area (Å²) in [4.78, 5) is 4.62. The van der Waals surface area contributed by atoms with Gasteiger partial charge in [0, 0.05) is 65.6 Å². The molecule has 1 saturated heterocycles. The lowest BCUT2D eigenvalue weighted by molar-refractivity contribution is 0.187. The first-order chi connectivity index (χ1) is 22.9. The van der Waals surface area contributed by atoms with Crippen molar-refractivity contribution in [1.82, 2.24) is 17.8 Å². The number of rotatable bonds is 8. The second-order valence-corrected chi connectivity index (χ2v) is 17.9. The molecule has 0 atom stereocenters. The maximum Gasteiger partial charge on any atom is 0.282 e. The van der Waals surface area contributed by atoms with Gasteiger partial charge >= 0.3 is 0 Å². The Morgan fingerprint density at radius 1 is 0.750 bits per heavy atom. The molecule has 5 rings (SSSR count). The van der Waals surface area contributed by atoms with Crippen LogP contribution in [-0.2, 0) is 20.2 Å². The molecule has 0 aromatic heterocycles. The van der Waals surface area contributed by atoms with Crippen molar-refractivity contribution < 1.29 is 16.8 Å². The fourth-order valence-corrected chi connectivity index (χ4v) is 10.3. The highest BCUT2D eigenvalue weighted by Crippen LogP contribution is 2.28. The molecule has 48 heavy (non-hydrogen) atoms. The maximum absolute atomic E-state index is 14.2. The van der Waals surface area contributed by atoms with Crippen LogP contribution in [0.4, 0.5) is 5.69 Å². The van der Waals surface area contributed by atoms with Crippen molar-refractivity contribution >= 4 is 31.5 Å². The molecule has 264 valence electrons. The Hall–Kier alpha value is -2.54. The Morgan fingerprint density at radius 2 is 1.38 bits per heavy atom. The normalized spacial score (nSPS) is 21.3. The van der Waals surface area contributed by atoms with Crippen LogP contribution in [0.1, 0.15) is 62.5 Å². The molecule has 0 amide bonds. The summed E-state index contributed by atoms with van der Waals surface area (Å²) < 4.78 is 61.1. The van der Waals surface area contributed by atoms with Crippen LogP contribution in [0, 0.1) is 12.8 Å². The van der Waals surface area contributed by atoms with E-state index < -0.39 is 20.2 Å². The molecule has 0 spiro atoms. The molecule has 3 aliphatic rings. The van der Waals surface area contributed by atoms with Crippen molar-refractivity contribution in [3.05, 3.63) is 77.9 Å². The Morgan fingerprint density at radius 3 is 1.98 bits per heavy atom. The number of nitrogens with zero attached hydrogens (tertiary/aromatic N) is 5. The summed E-state index contributed by atoms with van der Waals surface area (Å²) in [7, 11) is -3.80. The summed E-state index contributed by atoms with van der Waals surface area (Å²) in [5.74, 6) is 0.643. The molecule has 2 fully saturated rings. The van der Waals surface area contributed by atoms with Crippen molar-refractivity contribution in [2.45, 2.75) is 63.2 Å². The Bertz CT molecular complexity index is 1620. The maximum atomic E-state index is 14.2. The highest BCUT2D eigenvalue weighted by atomic mass is 32.2. The van der Waals surface area contributed by atoms with Crippen LogP contribution in [0.15, 0.2) is 71.7 Å². The van der Waals surface area contributed by atoms with Crippen LogP contribution in [0.25, 0.3) is 5.57 Å². The molecule has 1 aliphatic carbocycles. The average molecular weight is 698 g/mol. The SMILES string of the molecule is C=C1CN(S(=O)(=O)c2ccc(N(C)C)cc2)CCCN(CC2CCCCC2)CCCN(S(=O)(=O)N2CC=C(c3ccc(C)cc3)CC2)C1. The van der Waals surface area contributed by atoms with Crippen LogP contribution in [-0.4, -0.2) is 108 Å². The van der Waals surface area contributed by atoms with E-state index in [1.165, 1.54) is 46.3 Å². The molecule has 2 heterocycles. The standard InChI is InChI=1S/C37H55N5O4S2/c1-31-12-14-34(15-13-31)35-20-26-40(27-21-35)48(45,46)42-25-9-23-39(30-33-10-6-5-7-11-33)22-8-24-41(28-32(2)29-42)47(43,44)37-18-16-36(17-19-37)38(3)4/h12-20,33H,2,5-11,21-30H2,1,3-4H3. The van der Waals surface area contributed by atoms with Gasteiger partial charge in [0.1, 0.15) is 0 Å². The molecule has 0 N–H and O–H groups in total. The Labute approximate surface area is 290 Å². The minimum absolute atomic E-state index is 0.0733. The first-order valence-electron chi connectivity index (χ1n) is 17.6. The lowest BCUT2D eigenvalue weighted by Crippen LogP contribution is -2.48. The van der Waals surface area contributed by atoms with Gasteiger partial charge in [0.05, 0.1) is 4.90 Å². The molecule has 2 aliphatic heterocycles. The lowest BCUT2D eigenvalue weighted by Gasteiger charge is -2.35. The summed E-state index contributed by atoms with van der Waals surface area (Å²) in [5, 5.41) is 0. The predicted octanol–water partition coefficient (Wildman–Crippen LogP) is 5.62. The first kappa shape index (κ1) is 36.7. The zero-order chi connectivity index (χ0) is 34.3. The number of anilines is 1. The van der Waals surface area contributed by atoms with E-state index >= 15 is 0 Å². The van der Waals surface area contributed by atoms with Crippen LogP contribution in [0.3, 0.4) is 0 Å². The van der Waals surface area contributed by atoms with Crippen molar-refractivity contribution in [1.29, 1.82) is 0 Å². The minimum atomic E-state index is -3.83. The van der Waals surface area contributed by atoms with Crippen LogP contribution >= 0.6 is 0 Å². The van der Waals surface area contributed by atoms with Crippen LogP contribution in [0.2, 0.25) is 0 Å². The summed E-state index contributed by atoms with van der Waals surface area (Å²) >= 11 is 0. The van der Waals surface area contributed by atoms with Crippen LogP contribution < -0.4 is 4.90 Å². The summed E-state index contributed by atoms with van der Waals surface area (Å²) in [6.07, 6.45) is 10.4. The van der Waals surface area contributed by atoms with Crippen molar-refractivity contribution in [3.63, 3.8) is 0 Å². The zero-order valence-electron chi connectivity index (χ0n) is 29.2. The first-order valence-corrected chi connectivity index (χ1v) is 20.4. The third-order valence-corrected chi connectivity index (χ3v) is 13.9. The Balaban J connectivity index is 1.36. The zero-order valence-corrected chi connectivity index (χ0v) is 30.8. The molecule has 9 nitrogen and oxygen atoms in total. The van der Waals surface area contributed by atoms with Gasteiger partial charge in [0.2, 0.25) is 10.0 Å². The quantitative estimate of drug-likeness (QED) is 0.333. The summed E-state index contributed by atoms with van der Waals surface area (Å²) in [6.45, 7) is 10.4. The molecule has 0 bridgehead atoms. The van der Waals surface area contributed by atoms with Crippen LogP contribution in [0.5, 0.6) is 0 Å². The minimum Gasteiger partial charge on any atom is -0.378 e. The number of benzene rings is 2. The predicted molar refractivity (Wildman–Crippen MR) is 197 cm³/mol. The molecule has 0 unspecified atom stereocenters. The number of hydrogen-bond acceptors (Lipinski definition) is 6. The van der Waals surface area contributed by atoms with E-state index in [1.54, 1.807) is 16.4 Å². The van der Waals surface area contributed by atoms with Gasteiger partial charge in [0.25, 0.3) is 10.2 Å². The van der Waals surface area contributed by atoms with Crippen molar-refractivity contribution in [2.24, 2.45) is 5.92 Å². The van der Waals surface area contributed by atoms with Crippen molar-refractivity contribution in [2.75, 3.05) is 77.9 Å². The van der Waals surface area contributed by atoms with E-state index in [-0.39, 0.29) is 18.0 Å². The highest BCUT2D eigenvalue weighted by Gasteiger charge is 2.33. The van der Waals surface area contributed by atoms with Gasteiger partial charge in [-0.3, -0.25) is 0 Å². The molecule has 2 aromatic carbocycles. The molecule has 11 heteroatoms. The second kappa shape index (κ2) is 16.4. The summed E-state index contributed by atoms with van der Waals surface area (Å²) in [6, 6.07) is 15.3. The van der Waals surface area contributed by atoms with E-state index in [9.17, 15) is 16.8 Å². The van der Waals surface area contributed by atoms with E-state index in [4.69, 9.17) is 0 Å². The largest absolute Gasteiger partial charge is 0.378 e. The van der Waals surface area contributed by atoms with Gasteiger partial charge in [-0.05, 0) is 99.0 Å². The topological polar surface area (TPSA) is 84.5 Å². The van der Waals surface area contributed by atoms with Gasteiger partial charge in [0.15, 0.2) is 0 Å². The van der Waals surface area contributed by atoms with Gasteiger partial charge in [-0.15, -0.1) is 0 Å². The van der Waals surface area contributed by atoms with Gasteiger partial charge < -0.3 is 9.80 Å². The molecular formula is C37H55N5O4S2. The highest BCUT2D eigenvalue weighted by molar-refractivity contribution is 7.89. The molecule has 2 aromatic rings. The van der Waals surface area contributed by atoms with Crippen molar-refractivity contribution in [3.8, 4) is 0 Å². The smallest absolute Gasteiger partial charge is 0.282 e. The van der Waals surface area contributed by atoms with E-state index in [2.05, 4.69) is 42.7 Å². The fraction of sp³-hybridized carbons (Fsp3) is 0.568. The van der Waals surface area contributed by atoms with E-state index in [0.29, 0.717) is 50.5 Å². The Kier molecular flexibility index (Phi) is 12.6. The average Bonchev–Trinajstić information content (AvgIpc) is 3.07. The van der Waals surface area contributed by atoms with Gasteiger partial charge in [-0.2, -0.15) is 21.3 Å². The summed E-state index contributed by atoms with van der Waals surface area (Å²) in [5.41, 5.74) is 4.98. The number of hydrogen-bond donors (Lipinski definition) is 0. The third-order valence-electron chi connectivity index (χ3n) is 10.0. The third kappa shape index (κ3) is 9.37. The second-order valence-electron chi connectivity index (χ2n) is 14.0. The van der Waals surface area contributed by atoms with Gasteiger partial charge in [-0.25, -0.2) is 8.42 Å². The molecule has 0 radical (unpaired) electrons. The van der Waals surface area contributed by atoms with E-state index in [1.807, 2.05) is 37.2 Å². The van der Waals surface area contributed by atoms with Gasteiger partial charge in [-0.1, -0.05) is 61.7 Å². The number of aryl methyl sites for hydroxylation is 1. The molecule has 1 saturated carbocycles. The fourth-order valence-electron chi connectivity index (χ4n) is 7.20. The molecular weight excluding hydrogens is 643 g/mol. The lowest BCUT2D eigenvalue weighted by atomic mass is 9.89. The monoisotopic (exact) mass is 697 g/mol.